The van der Waals surface area contributed by atoms with E-state index in [1.165, 1.54) is 7.05 Å². The molecule has 2 rings (SSSR count). The smallest absolute Gasteiger partial charge is 0.347 e. The lowest BCUT2D eigenvalue weighted by Crippen LogP contribution is -2.24. The fourth-order valence-electron chi connectivity index (χ4n) is 2.02. The van der Waals surface area contributed by atoms with E-state index < -0.39 is 28.9 Å². The molecule has 0 aliphatic rings. The molecule has 130 valence electrons. The number of halogens is 4. The number of carbonyl (C=O) groups is 1. The van der Waals surface area contributed by atoms with Crippen molar-refractivity contribution in [2.75, 3.05) is 0 Å². The highest BCUT2D eigenvalue weighted by Crippen LogP contribution is 2.35. The Morgan fingerprint density at radius 1 is 1.40 bits per heavy atom. The number of aryl methyl sites for hydroxylation is 1. The fourth-order valence-corrected chi connectivity index (χ4v) is 2.21. The van der Waals surface area contributed by atoms with E-state index in [0.717, 1.165) is 16.3 Å². The van der Waals surface area contributed by atoms with Gasteiger partial charge >= 0.3 is 6.18 Å². The first-order valence-corrected chi connectivity index (χ1v) is 7.35. The molecule has 0 fully saturated rings. The maximum Gasteiger partial charge on any atom is 0.435 e. The van der Waals surface area contributed by atoms with E-state index in [1.807, 2.05) is 0 Å². The van der Waals surface area contributed by atoms with Gasteiger partial charge in [-0.15, -0.1) is 0 Å². The first kappa shape index (κ1) is 18.5. The van der Waals surface area contributed by atoms with E-state index in [4.69, 9.17) is 16.9 Å². The summed E-state index contributed by atoms with van der Waals surface area (Å²) < 4.78 is 39.9. The van der Waals surface area contributed by atoms with Gasteiger partial charge in [0.15, 0.2) is 5.69 Å². The Balaban J connectivity index is 2.29. The number of nitrogens with zero attached hydrogens (tertiary/aromatic N) is 3. The second-order valence-electron chi connectivity index (χ2n) is 5.01. The highest BCUT2D eigenvalue weighted by Gasteiger charge is 2.38. The average Bonchev–Trinajstić information content (AvgIpc) is 2.86. The summed E-state index contributed by atoms with van der Waals surface area (Å²) in [4.78, 5) is 12.1. The lowest BCUT2D eigenvalue weighted by molar-refractivity contribution is -0.141. The zero-order valence-electron chi connectivity index (χ0n) is 12.9. The predicted octanol–water partition coefficient (Wildman–Crippen LogP) is 3.32. The van der Waals surface area contributed by atoms with Gasteiger partial charge in [-0.3, -0.25) is 9.48 Å². The van der Waals surface area contributed by atoms with Crippen molar-refractivity contribution in [1.29, 1.82) is 5.26 Å². The lowest BCUT2D eigenvalue weighted by atomic mass is 10.1. The minimum atomic E-state index is -4.77. The van der Waals surface area contributed by atoms with Gasteiger partial charge in [-0.25, -0.2) is 0 Å². The Bertz CT molecular complexity index is 851. The third-order valence-corrected chi connectivity index (χ3v) is 3.68. The van der Waals surface area contributed by atoms with Crippen LogP contribution < -0.4 is 5.32 Å². The highest BCUT2D eigenvalue weighted by molar-refractivity contribution is 6.31. The van der Waals surface area contributed by atoms with Crippen LogP contribution in [0.3, 0.4) is 0 Å². The van der Waals surface area contributed by atoms with Crippen LogP contribution in [0.5, 0.6) is 0 Å². The van der Waals surface area contributed by atoms with Crippen LogP contribution in [0.4, 0.5) is 13.2 Å². The van der Waals surface area contributed by atoms with Crippen LogP contribution in [-0.2, 0) is 24.6 Å². The summed E-state index contributed by atoms with van der Waals surface area (Å²) >= 11 is 5.81. The Morgan fingerprint density at radius 2 is 2.04 bits per heavy atom. The zero-order valence-corrected chi connectivity index (χ0v) is 13.7. The molecular formula is C16H12ClF3N4O. The van der Waals surface area contributed by atoms with Gasteiger partial charge in [0.25, 0.3) is 5.91 Å². The van der Waals surface area contributed by atoms with Crippen LogP contribution in [0, 0.1) is 11.3 Å². The number of benzene rings is 1. The molecule has 0 bridgehead atoms. The van der Waals surface area contributed by atoms with E-state index in [2.05, 4.69) is 10.4 Å². The molecule has 1 heterocycles. The molecule has 0 saturated heterocycles. The van der Waals surface area contributed by atoms with Gasteiger partial charge in [0.1, 0.15) is 16.8 Å². The molecule has 0 saturated carbocycles. The number of alkyl halides is 3. The molecule has 0 unspecified atom stereocenters. The molecule has 0 spiro atoms. The summed E-state index contributed by atoms with van der Waals surface area (Å²) in [5.74, 6) is -0.806. The Kier molecular flexibility index (Phi) is 5.49. The van der Waals surface area contributed by atoms with Crippen LogP contribution in [0.1, 0.15) is 16.8 Å². The Labute approximate surface area is 146 Å². The van der Waals surface area contributed by atoms with Gasteiger partial charge in [0.2, 0.25) is 0 Å². The summed E-state index contributed by atoms with van der Waals surface area (Å²) in [6, 6.07) is 10.5. The van der Waals surface area contributed by atoms with Crippen LogP contribution in [0.15, 0.2) is 35.9 Å². The lowest BCUT2D eigenvalue weighted by Gasteiger charge is -2.06. The van der Waals surface area contributed by atoms with E-state index in [-0.39, 0.29) is 11.7 Å². The molecule has 1 aromatic carbocycles. The summed E-state index contributed by atoms with van der Waals surface area (Å²) in [6.07, 6.45) is -3.98. The highest BCUT2D eigenvalue weighted by atomic mass is 35.5. The molecule has 0 atom stereocenters. The van der Waals surface area contributed by atoms with Gasteiger partial charge in [-0.05, 0) is 11.6 Å². The van der Waals surface area contributed by atoms with Crippen LogP contribution in [-0.4, -0.2) is 15.7 Å². The van der Waals surface area contributed by atoms with Gasteiger partial charge < -0.3 is 5.32 Å². The van der Waals surface area contributed by atoms with Crippen molar-refractivity contribution in [2.24, 2.45) is 7.05 Å². The molecule has 2 aromatic rings. The van der Waals surface area contributed by atoms with Crippen molar-refractivity contribution in [3.63, 3.8) is 0 Å². The summed E-state index contributed by atoms with van der Waals surface area (Å²) in [5.41, 5.74) is -1.51. The minimum absolute atomic E-state index is 0.131. The molecule has 1 amide bonds. The van der Waals surface area contributed by atoms with E-state index in [0.29, 0.717) is 0 Å². The molecule has 9 heteroatoms. The number of nitrogens with one attached hydrogen (secondary N) is 1. The molecule has 5 nitrogen and oxygen atoms in total. The van der Waals surface area contributed by atoms with Crippen molar-refractivity contribution in [3.05, 3.63) is 57.9 Å². The second kappa shape index (κ2) is 7.40. The third-order valence-electron chi connectivity index (χ3n) is 3.23. The third kappa shape index (κ3) is 4.39. The largest absolute Gasteiger partial charge is 0.435 e. The average molecular weight is 369 g/mol. The molecule has 0 aliphatic carbocycles. The number of hydrogen-bond donors (Lipinski definition) is 1. The maximum atomic E-state index is 13.0. The molecule has 0 radical (unpaired) electrons. The van der Waals surface area contributed by atoms with Crippen molar-refractivity contribution in [2.45, 2.75) is 12.7 Å². The predicted molar refractivity (Wildman–Crippen MR) is 85.1 cm³/mol. The summed E-state index contributed by atoms with van der Waals surface area (Å²) in [7, 11) is 1.23. The van der Waals surface area contributed by atoms with Crippen LogP contribution >= 0.6 is 11.6 Å². The molecular weight excluding hydrogens is 357 g/mol. The first-order valence-electron chi connectivity index (χ1n) is 6.97. The number of aromatic nitrogens is 2. The van der Waals surface area contributed by atoms with Gasteiger partial charge in [-0.1, -0.05) is 41.9 Å². The van der Waals surface area contributed by atoms with Gasteiger partial charge in [-0.2, -0.15) is 23.5 Å². The first-order chi connectivity index (χ1) is 11.7. The Morgan fingerprint density at radius 3 is 2.60 bits per heavy atom. The maximum absolute atomic E-state index is 13.0. The SMILES string of the molecule is Cn1nc(C(F)(F)F)c(C=C(C#N)C(=O)NCc2ccccc2)c1Cl. The number of amides is 1. The monoisotopic (exact) mass is 368 g/mol. The van der Waals surface area contributed by atoms with Crippen LogP contribution in [0.2, 0.25) is 5.15 Å². The summed E-state index contributed by atoms with van der Waals surface area (Å²) in [5, 5.41) is 14.6. The van der Waals surface area contributed by atoms with Crippen molar-refractivity contribution in [3.8, 4) is 6.07 Å². The topological polar surface area (TPSA) is 70.7 Å². The number of hydrogen-bond acceptors (Lipinski definition) is 3. The van der Waals surface area contributed by atoms with Gasteiger partial charge in [0, 0.05) is 19.2 Å². The quantitative estimate of drug-likeness (QED) is 0.664. The van der Waals surface area contributed by atoms with Crippen LogP contribution in [0.25, 0.3) is 6.08 Å². The van der Waals surface area contributed by atoms with E-state index in [9.17, 15) is 18.0 Å². The van der Waals surface area contributed by atoms with E-state index >= 15 is 0 Å². The zero-order chi connectivity index (χ0) is 18.6. The van der Waals surface area contributed by atoms with Crippen molar-refractivity contribution >= 4 is 23.6 Å². The minimum Gasteiger partial charge on any atom is -0.347 e. The standard InChI is InChI=1S/C16H12ClF3N4O/c1-24-14(17)12(13(23-24)16(18,19)20)7-11(8-21)15(25)22-9-10-5-3-2-4-6-10/h2-7H,9H2,1H3,(H,22,25). The van der Waals surface area contributed by atoms with Crippen molar-refractivity contribution in [1.82, 2.24) is 15.1 Å². The number of carbonyl (C=O) groups excluding carboxylic acids is 1. The number of nitriles is 1. The Hall–Kier alpha value is -2.79. The summed E-state index contributed by atoms with van der Waals surface area (Å²) in [6.45, 7) is 0.131. The molecule has 1 N–H and O–H groups in total. The fraction of sp³-hybridized carbons (Fsp3) is 0.188. The molecule has 1 aromatic heterocycles. The second-order valence-corrected chi connectivity index (χ2v) is 5.37. The van der Waals surface area contributed by atoms with Gasteiger partial charge in [0.05, 0.1) is 0 Å². The van der Waals surface area contributed by atoms with E-state index in [1.54, 1.807) is 36.4 Å². The molecule has 0 aliphatic heterocycles. The van der Waals surface area contributed by atoms with Crippen molar-refractivity contribution < 1.29 is 18.0 Å². The number of rotatable bonds is 4. The molecule has 25 heavy (non-hydrogen) atoms. The normalized spacial score (nSPS) is 11.9.